The number of rotatable bonds is 4. The van der Waals surface area contributed by atoms with E-state index in [0.717, 1.165) is 16.4 Å². The van der Waals surface area contributed by atoms with E-state index in [2.05, 4.69) is 9.97 Å². The van der Waals surface area contributed by atoms with Gasteiger partial charge >= 0.3 is 0 Å². The van der Waals surface area contributed by atoms with Crippen molar-refractivity contribution < 1.29 is 4.79 Å². The van der Waals surface area contributed by atoms with E-state index in [1.807, 2.05) is 37.3 Å². The molecular formula is C17H14ClN3OS. The molecule has 0 N–H and O–H groups in total. The second-order valence-electron chi connectivity index (χ2n) is 4.94. The van der Waals surface area contributed by atoms with Gasteiger partial charge in [-0.1, -0.05) is 17.7 Å². The van der Waals surface area contributed by atoms with E-state index < -0.39 is 0 Å². The number of carbonyl (C=O) groups is 1. The molecule has 2 heterocycles. The van der Waals surface area contributed by atoms with Crippen molar-refractivity contribution >= 4 is 34.5 Å². The smallest absolute Gasteiger partial charge is 0.278 e. The van der Waals surface area contributed by atoms with E-state index in [1.165, 1.54) is 11.3 Å². The van der Waals surface area contributed by atoms with E-state index in [0.29, 0.717) is 17.3 Å². The lowest BCUT2D eigenvalue weighted by molar-refractivity contribution is 0.0980. The Morgan fingerprint density at radius 3 is 2.61 bits per heavy atom. The van der Waals surface area contributed by atoms with Crippen molar-refractivity contribution in [1.82, 2.24) is 9.97 Å². The molecular weight excluding hydrogens is 330 g/mol. The van der Waals surface area contributed by atoms with Crippen molar-refractivity contribution in [2.75, 3.05) is 4.90 Å². The Bertz CT molecular complexity index is 802. The Labute approximate surface area is 143 Å². The number of aryl methyl sites for hydroxylation is 1. The molecule has 0 fully saturated rings. The summed E-state index contributed by atoms with van der Waals surface area (Å²) in [6, 6.07) is 12.8. The fourth-order valence-corrected chi connectivity index (χ4v) is 2.87. The van der Waals surface area contributed by atoms with E-state index >= 15 is 0 Å². The number of benzene rings is 1. The highest BCUT2D eigenvalue weighted by Gasteiger charge is 2.20. The van der Waals surface area contributed by atoms with Gasteiger partial charge in [0.1, 0.15) is 5.69 Å². The van der Waals surface area contributed by atoms with Crippen LogP contribution < -0.4 is 4.90 Å². The molecule has 6 heteroatoms. The van der Waals surface area contributed by atoms with Gasteiger partial charge in [-0.15, -0.1) is 11.3 Å². The van der Waals surface area contributed by atoms with Crippen molar-refractivity contribution in [2.45, 2.75) is 13.5 Å². The Morgan fingerprint density at radius 1 is 1.22 bits per heavy atom. The zero-order valence-corrected chi connectivity index (χ0v) is 14.0. The summed E-state index contributed by atoms with van der Waals surface area (Å²) in [6.45, 7) is 2.25. The van der Waals surface area contributed by atoms with Crippen LogP contribution in [-0.2, 0) is 6.54 Å². The van der Waals surface area contributed by atoms with Crippen LogP contribution in [0.5, 0.6) is 0 Å². The molecule has 0 saturated heterocycles. The van der Waals surface area contributed by atoms with Crippen LogP contribution in [0.25, 0.3) is 0 Å². The molecule has 0 bridgehead atoms. The third-order valence-electron chi connectivity index (χ3n) is 3.27. The SMILES string of the molecule is Cc1nc(C(=O)N(Cc2ccccn2)c2ccc(Cl)cc2)cs1. The molecule has 0 aliphatic heterocycles. The average Bonchev–Trinajstić information content (AvgIpc) is 3.00. The van der Waals surface area contributed by atoms with Gasteiger partial charge in [-0.25, -0.2) is 4.98 Å². The highest BCUT2D eigenvalue weighted by Crippen LogP contribution is 2.22. The second kappa shape index (κ2) is 6.89. The predicted molar refractivity (Wildman–Crippen MR) is 93.1 cm³/mol. The fraction of sp³-hybridized carbons (Fsp3) is 0.118. The Kier molecular flexibility index (Phi) is 4.69. The first kappa shape index (κ1) is 15.6. The Hall–Kier alpha value is -2.24. The Balaban J connectivity index is 1.95. The number of carbonyl (C=O) groups excluding carboxylic acids is 1. The van der Waals surface area contributed by atoms with Crippen molar-refractivity contribution in [3.63, 3.8) is 0 Å². The molecule has 0 spiro atoms. The van der Waals surface area contributed by atoms with E-state index in [9.17, 15) is 4.79 Å². The first-order valence-corrected chi connectivity index (χ1v) is 8.29. The first-order valence-electron chi connectivity index (χ1n) is 7.03. The van der Waals surface area contributed by atoms with Gasteiger partial charge in [0.05, 0.1) is 17.2 Å². The van der Waals surface area contributed by atoms with Crippen molar-refractivity contribution in [1.29, 1.82) is 0 Å². The second-order valence-corrected chi connectivity index (χ2v) is 6.44. The molecule has 1 amide bonds. The maximum atomic E-state index is 12.9. The molecule has 2 aromatic heterocycles. The zero-order valence-electron chi connectivity index (χ0n) is 12.4. The summed E-state index contributed by atoms with van der Waals surface area (Å²) in [4.78, 5) is 23.1. The minimum Gasteiger partial charge on any atom is -0.301 e. The van der Waals surface area contributed by atoms with Crippen LogP contribution in [0.4, 0.5) is 5.69 Å². The van der Waals surface area contributed by atoms with Gasteiger partial charge in [-0.2, -0.15) is 0 Å². The lowest BCUT2D eigenvalue weighted by atomic mass is 10.2. The summed E-state index contributed by atoms with van der Waals surface area (Å²) in [5.41, 5.74) is 2.01. The fourth-order valence-electron chi connectivity index (χ4n) is 2.15. The van der Waals surface area contributed by atoms with Crippen LogP contribution in [0.1, 0.15) is 21.2 Å². The minimum atomic E-state index is -0.151. The minimum absolute atomic E-state index is 0.151. The normalized spacial score (nSPS) is 10.5. The number of anilines is 1. The van der Waals surface area contributed by atoms with E-state index in [-0.39, 0.29) is 5.91 Å². The quantitative estimate of drug-likeness (QED) is 0.707. The summed E-state index contributed by atoms with van der Waals surface area (Å²) in [5.74, 6) is -0.151. The summed E-state index contributed by atoms with van der Waals surface area (Å²) < 4.78 is 0. The summed E-state index contributed by atoms with van der Waals surface area (Å²) in [5, 5.41) is 3.27. The first-order chi connectivity index (χ1) is 11.1. The molecule has 1 aromatic carbocycles. The number of hydrogen-bond donors (Lipinski definition) is 0. The number of aromatic nitrogens is 2. The van der Waals surface area contributed by atoms with Crippen molar-refractivity contribution in [3.05, 3.63) is 75.5 Å². The van der Waals surface area contributed by atoms with Crippen LogP contribution in [-0.4, -0.2) is 15.9 Å². The van der Waals surface area contributed by atoms with Crippen LogP contribution in [0.2, 0.25) is 5.02 Å². The third-order valence-corrected chi connectivity index (χ3v) is 4.29. The van der Waals surface area contributed by atoms with Gasteiger partial charge < -0.3 is 4.90 Å². The summed E-state index contributed by atoms with van der Waals surface area (Å²) >= 11 is 7.41. The molecule has 23 heavy (non-hydrogen) atoms. The average molecular weight is 344 g/mol. The summed E-state index contributed by atoms with van der Waals surface area (Å²) in [6.07, 6.45) is 1.72. The molecule has 0 radical (unpaired) electrons. The number of amides is 1. The molecule has 0 unspecified atom stereocenters. The number of halogens is 1. The number of nitrogens with zero attached hydrogens (tertiary/aromatic N) is 3. The van der Waals surface area contributed by atoms with Crippen LogP contribution >= 0.6 is 22.9 Å². The molecule has 3 aromatic rings. The molecule has 116 valence electrons. The van der Waals surface area contributed by atoms with Gasteiger partial charge in [0, 0.05) is 22.3 Å². The highest BCUT2D eigenvalue weighted by atomic mass is 35.5. The topological polar surface area (TPSA) is 46.1 Å². The molecule has 4 nitrogen and oxygen atoms in total. The largest absolute Gasteiger partial charge is 0.301 e. The van der Waals surface area contributed by atoms with Gasteiger partial charge in [-0.3, -0.25) is 9.78 Å². The standard InChI is InChI=1S/C17H14ClN3OS/c1-12-20-16(11-23-12)17(22)21(10-14-4-2-3-9-19-14)15-7-5-13(18)6-8-15/h2-9,11H,10H2,1H3. The maximum absolute atomic E-state index is 12.9. The molecule has 0 saturated carbocycles. The van der Waals surface area contributed by atoms with Crippen molar-refractivity contribution in [2.24, 2.45) is 0 Å². The lowest BCUT2D eigenvalue weighted by Crippen LogP contribution is -2.31. The predicted octanol–water partition coefficient (Wildman–Crippen LogP) is 4.35. The van der Waals surface area contributed by atoms with Gasteiger partial charge in [-0.05, 0) is 43.3 Å². The maximum Gasteiger partial charge on any atom is 0.278 e. The molecule has 0 aliphatic carbocycles. The van der Waals surface area contributed by atoms with E-state index in [4.69, 9.17) is 11.6 Å². The molecule has 0 aliphatic rings. The van der Waals surface area contributed by atoms with Crippen molar-refractivity contribution in [3.8, 4) is 0 Å². The monoisotopic (exact) mass is 343 g/mol. The van der Waals surface area contributed by atoms with Crippen LogP contribution in [0, 0.1) is 6.92 Å². The van der Waals surface area contributed by atoms with E-state index in [1.54, 1.807) is 28.6 Å². The van der Waals surface area contributed by atoms with Crippen LogP contribution in [0.15, 0.2) is 54.0 Å². The lowest BCUT2D eigenvalue weighted by Gasteiger charge is -2.21. The number of pyridine rings is 1. The van der Waals surface area contributed by atoms with Gasteiger partial charge in [0.15, 0.2) is 0 Å². The molecule has 3 rings (SSSR count). The summed E-state index contributed by atoms with van der Waals surface area (Å²) in [7, 11) is 0. The van der Waals surface area contributed by atoms with Gasteiger partial charge in [0.2, 0.25) is 0 Å². The molecule has 0 atom stereocenters. The number of thiazole rings is 1. The Morgan fingerprint density at radius 2 is 2.00 bits per heavy atom. The van der Waals surface area contributed by atoms with Crippen LogP contribution in [0.3, 0.4) is 0 Å². The highest BCUT2D eigenvalue weighted by molar-refractivity contribution is 7.09. The number of hydrogen-bond acceptors (Lipinski definition) is 4. The zero-order chi connectivity index (χ0) is 16.2. The third kappa shape index (κ3) is 3.75. The van der Waals surface area contributed by atoms with Gasteiger partial charge in [0.25, 0.3) is 5.91 Å².